The van der Waals surface area contributed by atoms with E-state index in [1.54, 1.807) is 6.92 Å². The lowest BCUT2D eigenvalue weighted by molar-refractivity contribution is -0.275. The summed E-state index contributed by atoms with van der Waals surface area (Å²) in [7, 11) is 0. The second-order valence-electron chi connectivity index (χ2n) is 3.32. The summed E-state index contributed by atoms with van der Waals surface area (Å²) in [6.45, 7) is 1.72. The third kappa shape index (κ3) is 4.52. The van der Waals surface area contributed by atoms with Crippen LogP contribution >= 0.6 is 0 Å². The van der Waals surface area contributed by atoms with Gasteiger partial charge in [-0.25, -0.2) is 0 Å². The number of aromatic hydroxyl groups is 1. The van der Waals surface area contributed by atoms with Gasteiger partial charge in [0.2, 0.25) is 0 Å². The van der Waals surface area contributed by atoms with E-state index in [1.807, 2.05) is 0 Å². The van der Waals surface area contributed by atoms with Crippen LogP contribution in [0.25, 0.3) is 0 Å². The molecule has 0 atom stereocenters. The van der Waals surface area contributed by atoms with Crippen LogP contribution in [0.15, 0.2) is 18.2 Å². The number of esters is 1. The molecule has 0 heterocycles. The van der Waals surface area contributed by atoms with Gasteiger partial charge in [-0.15, -0.1) is 13.2 Å². The summed E-state index contributed by atoms with van der Waals surface area (Å²) in [5.41, 5.74) is -0.0106. The van der Waals surface area contributed by atoms with E-state index >= 15 is 0 Å². The highest BCUT2D eigenvalue weighted by molar-refractivity contribution is 5.73. The zero-order chi connectivity index (χ0) is 13.8. The summed E-state index contributed by atoms with van der Waals surface area (Å²) in [5, 5.41) is 9.11. The Balaban J connectivity index is 2.93. The molecule has 0 unspecified atom stereocenters. The summed E-state index contributed by atoms with van der Waals surface area (Å²) in [6.07, 6.45) is -5.25. The van der Waals surface area contributed by atoms with Crippen LogP contribution in [-0.4, -0.2) is 24.0 Å². The Morgan fingerprint density at radius 3 is 2.61 bits per heavy atom. The molecule has 4 nitrogen and oxygen atoms in total. The van der Waals surface area contributed by atoms with Crippen molar-refractivity contribution in [3.05, 3.63) is 23.8 Å². The highest BCUT2D eigenvalue weighted by Crippen LogP contribution is 2.30. The summed E-state index contributed by atoms with van der Waals surface area (Å²) in [5.74, 6) is -1.67. The van der Waals surface area contributed by atoms with Crippen LogP contribution in [0.2, 0.25) is 0 Å². The number of rotatable bonds is 4. The second-order valence-corrected chi connectivity index (χ2v) is 3.32. The molecule has 0 saturated carbocycles. The predicted octanol–water partition coefficient (Wildman–Crippen LogP) is 2.40. The zero-order valence-electron chi connectivity index (χ0n) is 9.45. The van der Waals surface area contributed by atoms with Gasteiger partial charge in [-0.1, -0.05) is 6.07 Å². The predicted molar refractivity (Wildman–Crippen MR) is 55.1 cm³/mol. The molecule has 18 heavy (non-hydrogen) atoms. The molecular weight excluding hydrogens is 253 g/mol. The second kappa shape index (κ2) is 5.61. The Hall–Kier alpha value is -1.92. The third-order valence-corrected chi connectivity index (χ3v) is 1.92. The van der Waals surface area contributed by atoms with Crippen molar-refractivity contribution in [1.29, 1.82) is 0 Å². The Kier molecular flexibility index (Phi) is 4.41. The van der Waals surface area contributed by atoms with Crippen molar-refractivity contribution in [1.82, 2.24) is 0 Å². The van der Waals surface area contributed by atoms with Gasteiger partial charge in [0.15, 0.2) is 0 Å². The highest BCUT2D eigenvalue weighted by atomic mass is 19.4. The summed E-state index contributed by atoms with van der Waals surface area (Å²) >= 11 is 0. The largest absolute Gasteiger partial charge is 0.573 e. The molecule has 0 spiro atoms. The van der Waals surface area contributed by atoms with Crippen LogP contribution in [0.1, 0.15) is 12.5 Å². The monoisotopic (exact) mass is 264 g/mol. The molecule has 0 radical (unpaired) electrons. The van der Waals surface area contributed by atoms with Crippen LogP contribution in [0.5, 0.6) is 11.5 Å². The molecule has 0 aliphatic heterocycles. The van der Waals surface area contributed by atoms with Gasteiger partial charge in [-0.2, -0.15) is 0 Å². The molecule has 0 fully saturated rings. The van der Waals surface area contributed by atoms with Gasteiger partial charge in [0.25, 0.3) is 0 Å². The van der Waals surface area contributed by atoms with E-state index in [1.165, 1.54) is 6.07 Å². The van der Waals surface area contributed by atoms with Crippen molar-refractivity contribution in [2.75, 3.05) is 6.61 Å². The van der Waals surface area contributed by atoms with E-state index in [0.717, 1.165) is 12.1 Å². The van der Waals surface area contributed by atoms with E-state index in [4.69, 9.17) is 5.11 Å². The number of carbonyl (C=O) groups is 1. The molecule has 0 aliphatic carbocycles. The fraction of sp³-hybridized carbons (Fsp3) is 0.364. The number of hydrogen-bond donors (Lipinski definition) is 1. The van der Waals surface area contributed by atoms with Gasteiger partial charge in [0, 0.05) is 11.6 Å². The molecule has 100 valence electrons. The van der Waals surface area contributed by atoms with E-state index in [-0.39, 0.29) is 24.3 Å². The number of phenolic OH excluding ortho intramolecular Hbond substituents is 1. The van der Waals surface area contributed by atoms with Crippen LogP contribution in [-0.2, 0) is 16.0 Å². The molecule has 7 heteroatoms. The smallest absolute Gasteiger partial charge is 0.508 e. The molecule has 1 rings (SSSR count). The standard InChI is InChI=1S/C11H11F3O4/c1-2-17-10(16)5-7-3-4-8(15)6-9(7)18-11(12,13)14/h3-4,6,15H,2,5H2,1H3. The fourth-order valence-electron chi connectivity index (χ4n) is 1.28. The lowest BCUT2D eigenvalue weighted by Crippen LogP contribution is -2.19. The minimum atomic E-state index is -4.89. The summed E-state index contributed by atoms with van der Waals surface area (Å²) < 4.78 is 44.7. The molecule has 1 aromatic carbocycles. The van der Waals surface area contributed by atoms with E-state index in [2.05, 4.69) is 9.47 Å². The normalized spacial score (nSPS) is 11.1. The van der Waals surface area contributed by atoms with Crippen molar-refractivity contribution in [2.24, 2.45) is 0 Å². The minimum Gasteiger partial charge on any atom is -0.508 e. The first-order chi connectivity index (χ1) is 8.31. The van der Waals surface area contributed by atoms with Gasteiger partial charge >= 0.3 is 12.3 Å². The number of hydrogen-bond acceptors (Lipinski definition) is 4. The SMILES string of the molecule is CCOC(=O)Cc1ccc(O)cc1OC(F)(F)F. The molecule has 0 aromatic heterocycles. The average molecular weight is 264 g/mol. The maximum Gasteiger partial charge on any atom is 0.573 e. The maximum absolute atomic E-state index is 12.1. The molecular formula is C11H11F3O4. The third-order valence-electron chi connectivity index (χ3n) is 1.92. The van der Waals surface area contributed by atoms with Gasteiger partial charge in [-0.05, 0) is 13.0 Å². The first kappa shape index (κ1) is 14.1. The Morgan fingerprint density at radius 2 is 2.06 bits per heavy atom. The van der Waals surface area contributed by atoms with E-state index in [0.29, 0.717) is 0 Å². The number of halogens is 3. The first-order valence-electron chi connectivity index (χ1n) is 5.05. The van der Waals surface area contributed by atoms with Gasteiger partial charge < -0.3 is 14.6 Å². The Morgan fingerprint density at radius 1 is 1.39 bits per heavy atom. The molecule has 0 aliphatic rings. The number of phenols is 1. The lowest BCUT2D eigenvalue weighted by Gasteiger charge is -2.13. The fourth-order valence-corrected chi connectivity index (χ4v) is 1.28. The van der Waals surface area contributed by atoms with Crippen LogP contribution in [0.4, 0.5) is 13.2 Å². The summed E-state index contributed by atoms with van der Waals surface area (Å²) in [6, 6.07) is 3.13. The van der Waals surface area contributed by atoms with E-state index in [9.17, 15) is 18.0 Å². The van der Waals surface area contributed by atoms with Crippen LogP contribution in [0.3, 0.4) is 0 Å². The summed E-state index contributed by atoms with van der Waals surface area (Å²) in [4.78, 5) is 11.2. The molecule has 1 N–H and O–H groups in total. The van der Waals surface area contributed by atoms with Gasteiger partial charge in [-0.3, -0.25) is 4.79 Å². The Labute approximate surface area is 101 Å². The number of alkyl halides is 3. The maximum atomic E-state index is 12.1. The molecule has 0 amide bonds. The van der Waals surface area contributed by atoms with Crippen LogP contribution < -0.4 is 4.74 Å². The van der Waals surface area contributed by atoms with Crippen molar-refractivity contribution in [2.45, 2.75) is 19.7 Å². The quantitative estimate of drug-likeness (QED) is 0.848. The zero-order valence-corrected chi connectivity index (χ0v) is 9.45. The lowest BCUT2D eigenvalue weighted by atomic mass is 10.1. The number of benzene rings is 1. The van der Waals surface area contributed by atoms with Crippen LogP contribution in [0, 0.1) is 0 Å². The first-order valence-corrected chi connectivity index (χ1v) is 5.05. The average Bonchev–Trinajstić information content (AvgIpc) is 2.20. The van der Waals surface area contributed by atoms with Gasteiger partial charge in [0.05, 0.1) is 13.0 Å². The molecule has 0 bridgehead atoms. The van der Waals surface area contributed by atoms with Crippen molar-refractivity contribution < 1.29 is 32.5 Å². The minimum absolute atomic E-state index is 0.0106. The number of ether oxygens (including phenoxy) is 2. The molecule has 0 saturated heterocycles. The van der Waals surface area contributed by atoms with Crippen molar-refractivity contribution in [3.8, 4) is 11.5 Å². The topological polar surface area (TPSA) is 55.8 Å². The highest BCUT2D eigenvalue weighted by Gasteiger charge is 2.32. The Bertz CT molecular complexity index is 429. The van der Waals surface area contributed by atoms with E-state index < -0.39 is 18.1 Å². The molecule has 1 aromatic rings. The van der Waals surface area contributed by atoms with Gasteiger partial charge in [0.1, 0.15) is 11.5 Å². The number of carbonyl (C=O) groups excluding carboxylic acids is 1. The van der Waals surface area contributed by atoms with Crippen molar-refractivity contribution in [3.63, 3.8) is 0 Å². The van der Waals surface area contributed by atoms with Crippen molar-refractivity contribution >= 4 is 5.97 Å².